The van der Waals surface area contributed by atoms with Gasteiger partial charge < -0.3 is 9.47 Å². The monoisotopic (exact) mass is 356 g/mol. The lowest BCUT2D eigenvalue weighted by Gasteiger charge is -2.03. The Hall–Kier alpha value is -3.42. The molecule has 26 heavy (non-hydrogen) atoms. The Balaban J connectivity index is 2.49. The number of ether oxygens (including phenoxy) is 2. The minimum Gasteiger partial charge on any atom is -0.465 e. The van der Waals surface area contributed by atoms with Gasteiger partial charge in [0.25, 0.3) is 0 Å². The van der Waals surface area contributed by atoms with Crippen LogP contribution in [0.4, 0.5) is 0 Å². The van der Waals surface area contributed by atoms with Gasteiger partial charge in [-0.2, -0.15) is 0 Å². The van der Waals surface area contributed by atoms with Gasteiger partial charge in [-0.05, 0) is 12.1 Å². The summed E-state index contributed by atoms with van der Waals surface area (Å²) in [6, 6.07) is 3.18. The summed E-state index contributed by atoms with van der Waals surface area (Å²) >= 11 is 0. The molecule has 0 bridgehead atoms. The Morgan fingerprint density at radius 3 is 1.35 bits per heavy atom. The van der Waals surface area contributed by atoms with Crippen molar-refractivity contribution in [3.05, 3.63) is 35.7 Å². The molecule has 0 aliphatic carbocycles. The summed E-state index contributed by atoms with van der Waals surface area (Å²) in [5.74, 6) is -1.84. The lowest BCUT2D eigenvalue weighted by Crippen LogP contribution is -2.04. The largest absolute Gasteiger partial charge is 0.465 e. The van der Waals surface area contributed by atoms with Crippen LogP contribution in [0.25, 0.3) is 21.8 Å². The topological polar surface area (TPSA) is 96.6 Å². The smallest absolute Gasteiger partial charge is 0.340 e. The normalized spacial score (nSPS) is 10.9. The molecule has 3 rings (SSSR count). The van der Waals surface area contributed by atoms with Crippen molar-refractivity contribution in [2.24, 2.45) is 0 Å². The minimum atomic E-state index is -0.608. The fourth-order valence-corrected chi connectivity index (χ4v) is 3.01. The molecule has 0 N–H and O–H groups in total. The van der Waals surface area contributed by atoms with Gasteiger partial charge in [-0.15, -0.1) is 0 Å². The summed E-state index contributed by atoms with van der Waals surface area (Å²) in [4.78, 5) is 48.1. The van der Waals surface area contributed by atoms with E-state index in [1.807, 2.05) is 0 Å². The molecule has 0 radical (unpaired) electrons. The first-order chi connectivity index (χ1) is 12.3. The first kappa shape index (κ1) is 17.4. The summed E-state index contributed by atoms with van der Waals surface area (Å²) in [5, 5.41) is 0.883. The Morgan fingerprint density at radius 1 is 0.731 bits per heavy atom. The fraction of sp³-hybridized carbons (Fsp3) is 0.222. The van der Waals surface area contributed by atoms with E-state index in [0.29, 0.717) is 21.8 Å². The lowest BCUT2D eigenvalue weighted by atomic mass is 10.1. The highest BCUT2D eigenvalue weighted by Gasteiger charge is 2.23. The molecule has 0 spiro atoms. The van der Waals surface area contributed by atoms with Gasteiger partial charge in [0.2, 0.25) is 11.8 Å². The summed E-state index contributed by atoms with van der Waals surface area (Å²) in [5.41, 5.74) is 1.24. The molecule has 1 aromatic carbocycles. The summed E-state index contributed by atoms with van der Waals surface area (Å²) in [6.07, 6.45) is 2.77. The molecule has 0 fully saturated rings. The van der Waals surface area contributed by atoms with Gasteiger partial charge in [0, 0.05) is 37.0 Å². The van der Waals surface area contributed by atoms with Crippen LogP contribution in [0.5, 0.6) is 0 Å². The maximum absolute atomic E-state index is 12.1. The van der Waals surface area contributed by atoms with E-state index in [9.17, 15) is 19.2 Å². The third-order valence-electron chi connectivity index (χ3n) is 4.22. The van der Waals surface area contributed by atoms with Gasteiger partial charge in [0.15, 0.2) is 0 Å². The average molecular weight is 356 g/mol. The van der Waals surface area contributed by atoms with E-state index < -0.39 is 11.9 Å². The highest BCUT2D eigenvalue weighted by atomic mass is 16.5. The van der Waals surface area contributed by atoms with E-state index in [-0.39, 0.29) is 22.9 Å². The maximum atomic E-state index is 12.1. The second-order valence-corrected chi connectivity index (χ2v) is 5.73. The average Bonchev–Trinajstić information content (AvgIpc) is 3.17. The summed E-state index contributed by atoms with van der Waals surface area (Å²) < 4.78 is 12.2. The number of esters is 2. The van der Waals surface area contributed by atoms with Crippen LogP contribution in [0.15, 0.2) is 24.5 Å². The standard InChI is InChI=1S/C18H16N2O6/c1-9(21)19-7-13(17(23)25-3)11-6-16-12(5-15(11)19)14(18(24)26-4)8-20(16)10(2)22/h5-8H,1-4H3. The highest BCUT2D eigenvalue weighted by Crippen LogP contribution is 2.31. The number of rotatable bonds is 2. The second kappa shape index (κ2) is 6.14. The maximum Gasteiger partial charge on any atom is 0.340 e. The van der Waals surface area contributed by atoms with Crippen molar-refractivity contribution < 1.29 is 28.7 Å². The molecule has 0 saturated carbocycles. The minimum absolute atomic E-state index is 0.190. The molecule has 0 aliphatic heterocycles. The van der Waals surface area contributed by atoms with Crippen molar-refractivity contribution >= 4 is 45.6 Å². The first-order valence-electron chi connectivity index (χ1n) is 7.68. The second-order valence-electron chi connectivity index (χ2n) is 5.73. The molecule has 8 nitrogen and oxygen atoms in total. The number of nitrogens with zero attached hydrogens (tertiary/aromatic N) is 2. The van der Waals surface area contributed by atoms with Crippen molar-refractivity contribution in [2.75, 3.05) is 14.2 Å². The molecule has 2 aromatic heterocycles. The predicted octanol–water partition coefficient (Wildman–Crippen LogP) is 2.49. The highest BCUT2D eigenvalue weighted by molar-refractivity contribution is 6.15. The number of benzene rings is 1. The number of carbonyl (C=O) groups is 4. The van der Waals surface area contributed by atoms with Crippen molar-refractivity contribution in [1.82, 2.24) is 9.13 Å². The number of fused-ring (bicyclic) bond motifs is 2. The van der Waals surface area contributed by atoms with Crippen molar-refractivity contribution in [2.45, 2.75) is 13.8 Å². The lowest BCUT2D eigenvalue weighted by molar-refractivity contribution is 0.0593. The van der Waals surface area contributed by atoms with E-state index >= 15 is 0 Å². The van der Waals surface area contributed by atoms with Gasteiger partial charge >= 0.3 is 11.9 Å². The van der Waals surface area contributed by atoms with E-state index in [2.05, 4.69) is 0 Å². The van der Waals surface area contributed by atoms with Gasteiger partial charge in [0.1, 0.15) is 0 Å². The van der Waals surface area contributed by atoms with E-state index in [1.54, 1.807) is 12.1 Å². The van der Waals surface area contributed by atoms with Crippen LogP contribution in [0.3, 0.4) is 0 Å². The van der Waals surface area contributed by atoms with Gasteiger partial charge in [-0.25, -0.2) is 9.59 Å². The van der Waals surface area contributed by atoms with Gasteiger partial charge in [-0.1, -0.05) is 0 Å². The van der Waals surface area contributed by atoms with Crippen LogP contribution in [0.2, 0.25) is 0 Å². The fourth-order valence-electron chi connectivity index (χ4n) is 3.01. The third-order valence-corrected chi connectivity index (χ3v) is 4.22. The Kier molecular flexibility index (Phi) is 4.11. The number of hydrogen-bond donors (Lipinski definition) is 0. The van der Waals surface area contributed by atoms with Crippen LogP contribution in [0, 0.1) is 0 Å². The number of hydrogen-bond acceptors (Lipinski definition) is 6. The number of methoxy groups -OCH3 is 2. The molecule has 134 valence electrons. The van der Waals surface area contributed by atoms with Crippen LogP contribution in [-0.2, 0) is 9.47 Å². The SMILES string of the molecule is COC(=O)c1cn(C(C)=O)c2cc3c(C(=O)OC)cn(C(C)=O)c3cc12. The molecule has 8 heteroatoms. The Bertz CT molecular complexity index is 1010. The van der Waals surface area contributed by atoms with Crippen LogP contribution in [-0.4, -0.2) is 47.1 Å². The summed E-state index contributed by atoms with van der Waals surface area (Å²) in [7, 11) is 2.48. The molecule has 0 amide bonds. The molecule has 0 unspecified atom stereocenters. The van der Waals surface area contributed by atoms with Gasteiger partial charge in [-0.3, -0.25) is 18.7 Å². The van der Waals surface area contributed by atoms with Crippen LogP contribution in [0.1, 0.15) is 44.2 Å². The van der Waals surface area contributed by atoms with E-state index in [1.165, 1.54) is 49.6 Å². The Morgan fingerprint density at radius 2 is 1.08 bits per heavy atom. The predicted molar refractivity (Wildman–Crippen MR) is 92.7 cm³/mol. The Labute approximate surface area is 147 Å². The molecular formula is C18H16N2O6. The van der Waals surface area contributed by atoms with Crippen LogP contribution < -0.4 is 0 Å². The van der Waals surface area contributed by atoms with E-state index in [0.717, 1.165) is 0 Å². The molecule has 0 atom stereocenters. The quantitative estimate of drug-likeness (QED) is 0.655. The van der Waals surface area contributed by atoms with Gasteiger partial charge in [0.05, 0.1) is 36.4 Å². The first-order valence-corrected chi connectivity index (χ1v) is 7.68. The molecule has 3 aromatic rings. The zero-order valence-corrected chi connectivity index (χ0v) is 14.7. The third kappa shape index (κ3) is 2.46. The molecular weight excluding hydrogens is 340 g/mol. The molecule has 0 aliphatic rings. The number of carbonyl (C=O) groups excluding carboxylic acids is 4. The van der Waals surface area contributed by atoms with Crippen molar-refractivity contribution in [3.8, 4) is 0 Å². The van der Waals surface area contributed by atoms with Crippen molar-refractivity contribution in [1.29, 1.82) is 0 Å². The zero-order chi connectivity index (χ0) is 19.2. The zero-order valence-electron chi connectivity index (χ0n) is 14.7. The molecule has 2 heterocycles. The van der Waals surface area contributed by atoms with Crippen molar-refractivity contribution in [3.63, 3.8) is 0 Å². The van der Waals surface area contributed by atoms with E-state index in [4.69, 9.17) is 9.47 Å². The summed E-state index contributed by atoms with van der Waals surface area (Å²) in [6.45, 7) is 2.71. The van der Waals surface area contributed by atoms with Crippen LogP contribution >= 0.6 is 0 Å². The number of aromatic nitrogens is 2. The molecule has 0 saturated heterocycles.